The number of hydrogen-bond acceptors (Lipinski definition) is 5. The third-order valence-electron chi connectivity index (χ3n) is 7.19. The first-order valence-electron chi connectivity index (χ1n) is 14.6. The molecule has 34 heavy (non-hydrogen) atoms. The maximum absolute atomic E-state index is 12.0. The topological polar surface area (TPSA) is 38.8 Å². The molecule has 2 atom stereocenters. The fourth-order valence-corrected chi connectivity index (χ4v) is 5.72. The van der Waals surface area contributed by atoms with Crippen LogP contribution in [0.4, 0.5) is 0 Å². The van der Waals surface area contributed by atoms with Gasteiger partial charge in [0, 0.05) is 19.2 Å². The van der Waals surface area contributed by atoms with Crippen molar-refractivity contribution in [2.75, 3.05) is 19.0 Å². The van der Waals surface area contributed by atoms with Crippen LogP contribution in [0.15, 0.2) is 11.6 Å². The van der Waals surface area contributed by atoms with Crippen LogP contribution in [0.3, 0.4) is 0 Å². The van der Waals surface area contributed by atoms with E-state index in [-0.39, 0.29) is 12.1 Å². The molecule has 2 aliphatic heterocycles. The Hall–Kier alpha value is -0.680. The third kappa shape index (κ3) is 15.3. The van der Waals surface area contributed by atoms with E-state index in [4.69, 9.17) is 9.47 Å². The van der Waals surface area contributed by atoms with Crippen molar-refractivity contribution < 1.29 is 14.3 Å². The van der Waals surface area contributed by atoms with Crippen LogP contribution in [-0.2, 0) is 14.3 Å². The van der Waals surface area contributed by atoms with Crippen LogP contribution < -0.4 is 0 Å². The van der Waals surface area contributed by atoms with Gasteiger partial charge in [0.15, 0.2) is 0 Å². The van der Waals surface area contributed by atoms with Gasteiger partial charge >= 0.3 is 5.97 Å². The van der Waals surface area contributed by atoms with Crippen LogP contribution in [0.25, 0.3) is 0 Å². The highest BCUT2D eigenvalue weighted by Crippen LogP contribution is 2.25. The molecule has 5 heteroatoms. The summed E-state index contributed by atoms with van der Waals surface area (Å²) in [5.41, 5.74) is 0. The minimum Gasteiger partial charge on any atom is -0.463 e. The van der Waals surface area contributed by atoms with E-state index in [0.717, 1.165) is 44.5 Å². The Morgan fingerprint density at radius 3 is 2.12 bits per heavy atom. The number of rotatable bonds is 22. The lowest BCUT2D eigenvalue weighted by Crippen LogP contribution is -2.19. The number of nitrogens with zero attached hydrogens (tertiary/aromatic N) is 1. The van der Waals surface area contributed by atoms with Gasteiger partial charge in [-0.2, -0.15) is 0 Å². The van der Waals surface area contributed by atoms with E-state index in [1.54, 1.807) is 0 Å². The molecule has 0 aromatic rings. The lowest BCUT2D eigenvalue weighted by molar-refractivity contribution is -0.147. The molecule has 0 aromatic carbocycles. The van der Waals surface area contributed by atoms with Gasteiger partial charge < -0.3 is 14.4 Å². The highest BCUT2D eigenvalue weighted by Gasteiger charge is 2.25. The van der Waals surface area contributed by atoms with Gasteiger partial charge in [-0.15, -0.1) is 11.8 Å². The second kappa shape index (κ2) is 20.5. The number of thioether (sulfide) groups is 1. The van der Waals surface area contributed by atoms with Gasteiger partial charge in [-0.3, -0.25) is 4.79 Å². The number of esters is 1. The van der Waals surface area contributed by atoms with Crippen molar-refractivity contribution in [2.24, 2.45) is 0 Å². The van der Waals surface area contributed by atoms with Crippen LogP contribution >= 0.6 is 11.8 Å². The summed E-state index contributed by atoms with van der Waals surface area (Å²) < 4.78 is 11.6. The Morgan fingerprint density at radius 1 is 0.853 bits per heavy atom. The second-order valence-electron chi connectivity index (χ2n) is 10.4. The van der Waals surface area contributed by atoms with Crippen LogP contribution in [-0.4, -0.2) is 42.1 Å². The van der Waals surface area contributed by atoms with Gasteiger partial charge in [0.05, 0.1) is 18.1 Å². The molecule has 2 aliphatic rings. The molecule has 198 valence electrons. The summed E-state index contributed by atoms with van der Waals surface area (Å²) in [5.74, 6) is 1.02. The maximum atomic E-state index is 12.0. The highest BCUT2D eigenvalue weighted by molar-refractivity contribution is 8.02. The van der Waals surface area contributed by atoms with E-state index in [9.17, 15) is 4.79 Å². The molecule has 1 fully saturated rings. The fourth-order valence-electron chi connectivity index (χ4n) is 4.97. The monoisotopic (exact) mass is 495 g/mol. The lowest BCUT2D eigenvalue weighted by Gasteiger charge is -2.15. The molecular weight excluding hydrogens is 442 g/mol. The van der Waals surface area contributed by atoms with Crippen molar-refractivity contribution >= 4 is 17.7 Å². The predicted octanol–water partition coefficient (Wildman–Crippen LogP) is 8.60. The first kappa shape index (κ1) is 29.5. The van der Waals surface area contributed by atoms with Crippen molar-refractivity contribution in [1.29, 1.82) is 0 Å². The molecule has 0 N–H and O–H groups in total. The number of carbonyl (C=O) groups is 1. The van der Waals surface area contributed by atoms with Gasteiger partial charge in [-0.05, 0) is 37.5 Å². The summed E-state index contributed by atoms with van der Waals surface area (Å²) in [6, 6.07) is 0. The molecule has 2 unspecified atom stereocenters. The van der Waals surface area contributed by atoms with Crippen LogP contribution in [0.2, 0.25) is 0 Å². The van der Waals surface area contributed by atoms with Crippen molar-refractivity contribution in [3.05, 3.63) is 11.6 Å². The number of unbranched alkanes of at least 4 members (excludes halogenated alkanes) is 14. The zero-order valence-electron chi connectivity index (χ0n) is 22.2. The van der Waals surface area contributed by atoms with E-state index >= 15 is 0 Å². The second-order valence-corrected chi connectivity index (χ2v) is 11.2. The molecule has 0 aliphatic carbocycles. The summed E-state index contributed by atoms with van der Waals surface area (Å²) in [6.07, 6.45) is 27.9. The van der Waals surface area contributed by atoms with Crippen LogP contribution in [0, 0.1) is 0 Å². The Balaban J connectivity index is 1.31. The van der Waals surface area contributed by atoms with Crippen LogP contribution in [0.5, 0.6) is 0 Å². The largest absolute Gasteiger partial charge is 0.463 e. The minimum absolute atomic E-state index is 0.0554. The Morgan fingerprint density at radius 2 is 1.47 bits per heavy atom. The average Bonchev–Trinajstić information content (AvgIpc) is 3.53. The van der Waals surface area contributed by atoms with Gasteiger partial charge in [0.2, 0.25) is 0 Å². The SMILES string of the molecule is CCCCCCCCCCCCCCCC1CCC(COC(=O)CCCCCN2C=CSC2)O1. The van der Waals surface area contributed by atoms with Crippen molar-refractivity contribution in [2.45, 2.75) is 148 Å². The molecular formula is C29H53NO3S. The molecule has 0 aromatic heterocycles. The molecule has 0 bridgehead atoms. The zero-order chi connectivity index (χ0) is 24.1. The first-order valence-corrected chi connectivity index (χ1v) is 15.7. The molecule has 1 saturated heterocycles. The van der Waals surface area contributed by atoms with E-state index in [0.29, 0.717) is 19.1 Å². The summed E-state index contributed by atoms with van der Waals surface area (Å²) in [6.45, 7) is 3.83. The van der Waals surface area contributed by atoms with Gasteiger partial charge in [0.1, 0.15) is 6.61 Å². The standard InChI is InChI=1S/C29H53NO3S/c1-2-3-4-5-6-7-8-9-10-11-12-13-15-18-27-20-21-28(33-27)25-32-29(31)19-16-14-17-22-30-23-24-34-26-30/h23-24,27-28H,2-22,25-26H2,1H3. The maximum Gasteiger partial charge on any atom is 0.305 e. The minimum atomic E-state index is -0.0554. The Labute approximate surface area is 215 Å². The highest BCUT2D eigenvalue weighted by atomic mass is 32.2. The summed E-state index contributed by atoms with van der Waals surface area (Å²) >= 11 is 1.84. The average molecular weight is 496 g/mol. The summed E-state index contributed by atoms with van der Waals surface area (Å²) in [5, 5.41) is 2.15. The van der Waals surface area contributed by atoms with Crippen molar-refractivity contribution in [1.82, 2.24) is 4.90 Å². The van der Waals surface area contributed by atoms with Crippen molar-refractivity contribution in [3.8, 4) is 0 Å². The van der Waals surface area contributed by atoms with E-state index < -0.39 is 0 Å². The number of carbonyl (C=O) groups excluding carboxylic acids is 1. The first-order chi connectivity index (χ1) is 16.8. The molecule has 0 radical (unpaired) electrons. The smallest absolute Gasteiger partial charge is 0.305 e. The zero-order valence-corrected chi connectivity index (χ0v) is 23.0. The van der Waals surface area contributed by atoms with Gasteiger partial charge in [-0.25, -0.2) is 0 Å². The van der Waals surface area contributed by atoms with E-state index in [1.165, 1.54) is 89.9 Å². The molecule has 0 spiro atoms. The molecule has 2 heterocycles. The molecule has 4 nitrogen and oxygen atoms in total. The van der Waals surface area contributed by atoms with Crippen molar-refractivity contribution in [3.63, 3.8) is 0 Å². The summed E-state index contributed by atoms with van der Waals surface area (Å²) in [7, 11) is 0. The number of hydrogen-bond donors (Lipinski definition) is 0. The fraction of sp³-hybridized carbons (Fsp3) is 0.897. The van der Waals surface area contributed by atoms with E-state index in [1.807, 2.05) is 11.8 Å². The quantitative estimate of drug-likeness (QED) is 0.111. The van der Waals surface area contributed by atoms with Gasteiger partial charge in [-0.1, -0.05) is 96.8 Å². The van der Waals surface area contributed by atoms with Crippen LogP contribution in [0.1, 0.15) is 135 Å². The predicted molar refractivity (Wildman–Crippen MR) is 146 cm³/mol. The third-order valence-corrected chi connectivity index (χ3v) is 7.98. The Bertz CT molecular complexity index is 528. The normalized spacial score (nSPS) is 19.9. The van der Waals surface area contributed by atoms with Gasteiger partial charge in [0.25, 0.3) is 0 Å². The molecule has 0 saturated carbocycles. The molecule has 2 rings (SSSR count). The lowest BCUT2D eigenvalue weighted by atomic mass is 10.0. The number of ether oxygens (including phenoxy) is 2. The summed E-state index contributed by atoms with van der Waals surface area (Å²) in [4.78, 5) is 14.3. The molecule has 0 amide bonds. The van der Waals surface area contributed by atoms with E-state index in [2.05, 4.69) is 23.4 Å². The Kier molecular flexibility index (Phi) is 17.8.